The first-order valence-corrected chi connectivity index (χ1v) is 7.59. The molecule has 0 aliphatic rings. The van der Waals surface area contributed by atoms with Gasteiger partial charge in [0.05, 0.1) is 6.61 Å². The van der Waals surface area contributed by atoms with Gasteiger partial charge in [0.25, 0.3) is 5.91 Å². The van der Waals surface area contributed by atoms with E-state index in [2.05, 4.69) is 11.6 Å². The van der Waals surface area contributed by atoms with Crippen LogP contribution in [-0.4, -0.2) is 30.6 Å². The molecule has 0 unspecified atom stereocenters. The van der Waals surface area contributed by atoms with Crippen molar-refractivity contribution in [1.82, 2.24) is 5.32 Å². The largest absolute Gasteiger partial charge is 0.494 e. The lowest BCUT2D eigenvalue weighted by atomic mass is 10.1. The van der Waals surface area contributed by atoms with Crippen LogP contribution in [0.5, 0.6) is 5.75 Å². The molecule has 0 aliphatic heterocycles. The number of benzene rings is 1. The first-order chi connectivity index (χ1) is 8.67. The van der Waals surface area contributed by atoms with Gasteiger partial charge in [-0.2, -0.15) is 11.8 Å². The number of amides is 1. The molecular weight excluding hydrogens is 246 g/mol. The van der Waals surface area contributed by atoms with E-state index < -0.39 is 0 Å². The van der Waals surface area contributed by atoms with Crippen LogP contribution in [0.4, 0.5) is 0 Å². The summed E-state index contributed by atoms with van der Waals surface area (Å²) >= 11 is 1.79. The second-order valence-corrected chi connectivity index (χ2v) is 5.10. The normalized spacial score (nSPS) is 11.9. The Balaban J connectivity index is 2.57. The highest BCUT2D eigenvalue weighted by atomic mass is 32.2. The highest BCUT2D eigenvalue weighted by molar-refractivity contribution is 7.98. The number of hydrogen-bond donors (Lipinski definition) is 1. The summed E-state index contributed by atoms with van der Waals surface area (Å²) in [7, 11) is 0. The number of ether oxygens (including phenoxy) is 1. The topological polar surface area (TPSA) is 38.3 Å². The minimum atomic E-state index is -0.0369. The van der Waals surface area contributed by atoms with E-state index in [1.165, 1.54) is 0 Å². The Kier molecular flexibility index (Phi) is 6.65. The van der Waals surface area contributed by atoms with E-state index in [1.807, 2.05) is 26.0 Å². The van der Waals surface area contributed by atoms with E-state index >= 15 is 0 Å². The maximum absolute atomic E-state index is 12.0. The molecule has 0 spiro atoms. The molecule has 0 heterocycles. The summed E-state index contributed by atoms with van der Waals surface area (Å²) < 4.78 is 5.38. The lowest BCUT2D eigenvalue weighted by molar-refractivity contribution is 0.0939. The predicted molar refractivity (Wildman–Crippen MR) is 77.5 cm³/mol. The Labute approximate surface area is 113 Å². The van der Waals surface area contributed by atoms with Crippen molar-refractivity contribution in [2.24, 2.45) is 0 Å². The molecule has 1 N–H and O–H groups in total. The van der Waals surface area contributed by atoms with Gasteiger partial charge in [-0.25, -0.2) is 0 Å². The highest BCUT2D eigenvalue weighted by Gasteiger charge is 2.10. The van der Waals surface area contributed by atoms with E-state index in [1.54, 1.807) is 23.9 Å². The monoisotopic (exact) mass is 267 g/mol. The number of hydrogen-bond acceptors (Lipinski definition) is 3. The van der Waals surface area contributed by atoms with E-state index in [4.69, 9.17) is 4.74 Å². The number of carbonyl (C=O) groups excluding carboxylic acids is 1. The van der Waals surface area contributed by atoms with Crippen LogP contribution in [0, 0.1) is 0 Å². The van der Waals surface area contributed by atoms with Gasteiger partial charge in [0.15, 0.2) is 0 Å². The summed E-state index contributed by atoms with van der Waals surface area (Å²) in [5, 5.41) is 2.99. The Morgan fingerprint density at radius 2 is 2.28 bits per heavy atom. The van der Waals surface area contributed by atoms with E-state index in [-0.39, 0.29) is 11.9 Å². The molecule has 1 aromatic rings. The standard InChI is InChI=1S/C14H21NO2S/c1-4-17-13-7-5-6-12(10-13)14(16)15-11(2)8-9-18-3/h5-7,10-11H,4,8-9H2,1-3H3,(H,15,16)/t11-/m1/s1. The van der Waals surface area contributed by atoms with Gasteiger partial charge in [0.1, 0.15) is 5.75 Å². The van der Waals surface area contributed by atoms with Crippen LogP contribution in [0.15, 0.2) is 24.3 Å². The first-order valence-electron chi connectivity index (χ1n) is 6.20. The van der Waals surface area contributed by atoms with Crippen molar-refractivity contribution < 1.29 is 9.53 Å². The van der Waals surface area contributed by atoms with Crippen molar-refractivity contribution in [2.45, 2.75) is 26.3 Å². The molecule has 4 heteroatoms. The molecule has 0 aliphatic carbocycles. The van der Waals surface area contributed by atoms with Gasteiger partial charge >= 0.3 is 0 Å². The van der Waals surface area contributed by atoms with Crippen molar-refractivity contribution in [3.05, 3.63) is 29.8 Å². The van der Waals surface area contributed by atoms with Crippen LogP contribution in [0.2, 0.25) is 0 Å². The number of nitrogens with one attached hydrogen (secondary N) is 1. The van der Waals surface area contributed by atoms with E-state index in [0.717, 1.165) is 17.9 Å². The van der Waals surface area contributed by atoms with Crippen molar-refractivity contribution in [3.63, 3.8) is 0 Å². The molecule has 0 saturated heterocycles. The van der Waals surface area contributed by atoms with Crippen molar-refractivity contribution >= 4 is 17.7 Å². The van der Waals surface area contributed by atoms with Gasteiger partial charge in [-0.3, -0.25) is 4.79 Å². The van der Waals surface area contributed by atoms with E-state index in [0.29, 0.717) is 12.2 Å². The van der Waals surface area contributed by atoms with Gasteiger partial charge in [0.2, 0.25) is 0 Å². The lowest BCUT2D eigenvalue weighted by Gasteiger charge is -2.13. The summed E-state index contributed by atoms with van der Waals surface area (Å²) in [6.07, 6.45) is 3.05. The van der Waals surface area contributed by atoms with Crippen LogP contribution in [0.25, 0.3) is 0 Å². The quantitative estimate of drug-likeness (QED) is 0.825. The second kappa shape index (κ2) is 8.03. The highest BCUT2D eigenvalue weighted by Crippen LogP contribution is 2.13. The molecule has 1 aromatic carbocycles. The minimum absolute atomic E-state index is 0.0369. The molecule has 1 amide bonds. The molecule has 0 fully saturated rings. The zero-order valence-corrected chi connectivity index (χ0v) is 12.0. The third-order valence-corrected chi connectivity index (χ3v) is 3.18. The van der Waals surface area contributed by atoms with Gasteiger partial charge in [-0.1, -0.05) is 6.07 Å². The molecule has 0 saturated carbocycles. The lowest BCUT2D eigenvalue weighted by Crippen LogP contribution is -2.32. The molecule has 18 heavy (non-hydrogen) atoms. The molecule has 3 nitrogen and oxygen atoms in total. The Bertz CT molecular complexity index is 382. The number of rotatable bonds is 7. The fourth-order valence-electron chi connectivity index (χ4n) is 1.57. The van der Waals surface area contributed by atoms with Crippen LogP contribution in [0.3, 0.4) is 0 Å². The maximum atomic E-state index is 12.0. The number of carbonyl (C=O) groups is 1. The summed E-state index contributed by atoms with van der Waals surface area (Å²) in [5.41, 5.74) is 0.650. The minimum Gasteiger partial charge on any atom is -0.494 e. The maximum Gasteiger partial charge on any atom is 0.251 e. The molecular formula is C14H21NO2S. The fraction of sp³-hybridized carbons (Fsp3) is 0.500. The Morgan fingerprint density at radius 1 is 1.50 bits per heavy atom. The molecule has 1 rings (SSSR count). The van der Waals surface area contributed by atoms with Gasteiger partial charge in [-0.15, -0.1) is 0 Å². The van der Waals surface area contributed by atoms with Crippen LogP contribution >= 0.6 is 11.8 Å². The third-order valence-electron chi connectivity index (χ3n) is 2.54. The van der Waals surface area contributed by atoms with Gasteiger partial charge in [0, 0.05) is 11.6 Å². The van der Waals surface area contributed by atoms with E-state index in [9.17, 15) is 4.79 Å². The van der Waals surface area contributed by atoms with Gasteiger partial charge < -0.3 is 10.1 Å². The number of thioether (sulfide) groups is 1. The molecule has 100 valence electrons. The summed E-state index contributed by atoms with van der Waals surface area (Å²) in [6, 6.07) is 7.48. The average molecular weight is 267 g/mol. The van der Waals surface area contributed by atoms with Crippen LogP contribution < -0.4 is 10.1 Å². The SMILES string of the molecule is CCOc1cccc(C(=O)N[C@H](C)CCSC)c1. The summed E-state index contributed by atoms with van der Waals surface area (Å²) in [4.78, 5) is 12.0. The zero-order chi connectivity index (χ0) is 13.4. The smallest absolute Gasteiger partial charge is 0.251 e. The summed E-state index contributed by atoms with van der Waals surface area (Å²) in [5.74, 6) is 1.76. The first kappa shape index (κ1) is 14.9. The Morgan fingerprint density at radius 3 is 2.94 bits per heavy atom. The van der Waals surface area contributed by atoms with Crippen molar-refractivity contribution in [1.29, 1.82) is 0 Å². The predicted octanol–water partition coefficient (Wildman–Crippen LogP) is 2.96. The molecule has 1 atom stereocenters. The second-order valence-electron chi connectivity index (χ2n) is 4.12. The van der Waals surface area contributed by atoms with Crippen molar-refractivity contribution in [3.8, 4) is 5.75 Å². The van der Waals surface area contributed by atoms with Crippen LogP contribution in [-0.2, 0) is 0 Å². The Hall–Kier alpha value is -1.16. The molecule has 0 aromatic heterocycles. The summed E-state index contributed by atoms with van der Waals surface area (Å²) in [6.45, 7) is 4.56. The van der Waals surface area contributed by atoms with Crippen LogP contribution in [0.1, 0.15) is 30.6 Å². The van der Waals surface area contributed by atoms with Gasteiger partial charge in [-0.05, 0) is 50.5 Å². The zero-order valence-electron chi connectivity index (χ0n) is 11.2. The fourth-order valence-corrected chi connectivity index (χ4v) is 2.16. The molecule has 0 radical (unpaired) electrons. The average Bonchev–Trinajstić information content (AvgIpc) is 2.37. The third kappa shape index (κ3) is 5.00. The van der Waals surface area contributed by atoms with Crippen molar-refractivity contribution in [2.75, 3.05) is 18.6 Å². The molecule has 0 bridgehead atoms.